The Morgan fingerprint density at radius 2 is 1.85 bits per heavy atom. The molecule has 0 saturated heterocycles. The summed E-state index contributed by atoms with van der Waals surface area (Å²) < 4.78 is 47.5. The predicted octanol–water partition coefficient (Wildman–Crippen LogP) is 4.62. The van der Waals surface area contributed by atoms with Gasteiger partial charge in [0.1, 0.15) is 5.75 Å². The number of aliphatic hydroxyl groups excluding tert-OH is 1. The van der Waals surface area contributed by atoms with E-state index >= 15 is 0 Å². The molecule has 26 heavy (non-hydrogen) atoms. The molecule has 0 aliphatic rings. The second kappa shape index (κ2) is 9.21. The van der Waals surface area contributed by atoms with E-state index in [4.69, 9.17) is 9.53 Å². The maximum Gasteiger partial charge on any atom is 0.573 e. The predicted molar refractivity (Wildman–Crippen MR) is 98.7 cm³/mol. The third-order valence-electron chi connectivity index (χ3n) is 4.67. The first-order valence-electron chi connectivity index (χ1n) is 8.69. The second-order valence-electron chi connectivity index (χ2n) is 7.75. The highest BCUT2D eigenvalue weighted by atomic mass is 28.4. The zero-order valence-corrected chi connectivity index (χ0v) is 17.1. The molecule has 150 valence electrons. The van der Waals surface area contributed by atoms with Gasteiger partial charge in [-0.15, -0.1) is 13.2 Å². The molecule has 1 aromatic carbocycles. The Bertz CT molecular complexity index is 559. The molecule has 1 atom stereocenters. The van der Waals surface area contributed by atoms with Gasteiger partial charge in [0.2, 0.25) is 0 Å². The van der Waals surface area contributed by atoms with Crippen LogP contribution in [0.1, 0.15) is 38.8 Å². The highest BCUT2D eigenvalue weighted by molar-refractivity contribution is 6.74. The van der Waals surface area contributed by atoms with Gasteiger partial charge in [0.25, 0.3) is 0 Å². The fraction of sp³-hybridized carbons (Fsp3) is 0.667. The van der Waals surface area contributed by atoms with Crippen LogP contribution in [0.3, 0.4) is 0 Å². The molecule has 0 aliphatic carbocycles. The Kier molecular flexibility index (Phi) is 8.13. The van der Waals surface area contributed by atoms with E-state index in [0.717, 1.165) is 0 Å². The van der Waals surface area contributed by atoms with Crippen molar-refractivity contribution < 1.29 is 27.4 Å². The van der Waals surface area contributed by atoms with E-state index in [1.54, 1.807) is 6.07 Å². The van der Waals surface area contributed by atoms with Gasteiger partial charge in [-0.1, -0.05) is 32.9 Å². The molecule has 1 unspecified atom stereocenters. The number of benzene rings is 1. The van der Waals surface area contributed by atoms with Crippen molar-refractivity contribution in [2.24, 2.45) is 0 Å². The molecule has 0 aliphatic heterocycles. The van der Waals surface area contributed by atoms with Crippen molar-refractivity contribution >= 4 is 8.32 Å². The summed E-state index contributed by atoms with van der Waals surface area (Å²) in [4.78, 5) is 0. The first-order chi connectivity index (χ1) is 11.9. The molecule has 2 N–H and O–H groups in total. The quantitative estimate of drug-likeness (QED) is 0.601. The summed E-state index contributed by atoms with van der Waals surface area (Å²) in [7, 11) is -1.90. The SMILES string of the molecule is CC(C)(C)[Si](C)(C)OCCC(NCCO)c1cccc(OC(F)(F)F)c1. The molecule has 0 heterocycles. The van der Waals surface area contributed by atoms with Crippen molar-refractivity contribution in [1.82, 2.24) is 5.32 Å². The number of hydrogen-bond acceptors (Lipinski definition) is 4. The molecule has 0 saturated carbocycles. The van der Waals surface area contributed by atoms with Crippen molar-refractivity contribution in [3.05, 3.63) is 29.8 Å². The van der Waals surface area contributed by atoms with Crippen molar-refractivity contribution in [3.63, 3.8) is 0 Å². The van der Waals surface area contributed by atoms with E-state index < -0.39 is 14.7 Å². The van der Waals surface area contributed by atoms with Gasteiger partial charge in [0, 0.05) is 19.2 Å². The van der Waals surface area contributed by atoms with Crippen LogP contribution in [-0.2, 0) is 4.43 Å². The molecule has 0 radical (unpaired) electrons. The average molecular weight is 394 g/mol. The van der Waals surface area contributed by atoms with Gasteiger partial charge < -0.3 is 19.6 Å². The van der Waals surface area contributed by atoms with Gasteiger partial charge in [0.15, 0.2) is 8.32 Å². The fourth-order valence-corrected chi connectivity index (χ4v) is 3.26. The summed E-state index contributed by atoms with van der Waals surface area (Å²) in [6.45, 7) is 11.5. The van der Waals surface area contributed by atoms with Crippen LogP contribution in [0, 0.1) is 0 Å². The van der Waals surface area contributed by atoms with Crippen LogP contribution in [0.15, 0.2) is 24.3 Å². The maximum atomic E-state index is 12.4. The number of halogens is 3. The molecule has 8 heteroatoms. The molecule has 4 nitrogen and oxygen atoms in total. The molecule has 1 rings (SSSR count). The van der Waals surface area contributed by atoms with Gasteiger partial charge in [0.05, 0.1) is 6.61 Å². The average Bonchev–Trinajstić information content (AvgIpc) is 2.48. The van der Waals surface area contributed by atoms with E-state index in [1.807, 2.05) is 0 Å². The first kappa shape index (κ1) is 22.9. The van der Waals surface area contributed by atoms with E-state index in [9.17, 15) is 13.2 Å². The van der Waals surface area contributed by atoms with Crippen molar-refractivity contribution in [2.75, 3.05) is 19.8 Å². The first-order valence-corrected chi connectivity index (χ1v) is 11.6. The van der Waals surface area contributed by atoms with Crippen molar-refractivity contribution in [1.29, 1.82) is 0 Å². The van der Waals surface area contributed by atoms with Gasteiger partial charge in [-0.2, -0.15) is 0 Å². The molecular formula is C18H30F3NO3Si. The Hall–Kier alpha value is -1.09. The minimum atomic E-state index is -4.72. The molecule has 1 aromatic rings. The fourth-order valence-electron chi connectivity index (χ4n) is 2.20. The van der Waals surface area contributed by atoms with Gasteiger partial charge in [-0.25, -0.2) is 0 Å². The highest BCUT2D eigenvalue weighted by Crippen LogP contribution is 2.37. The number of ether oxygens (including phenoxy) is 1. The van der Waals surface area contributed by atoms with Crippen LogP contribution in [0.25, 0.3) is 0 Å². The molecular weight excluding hydrogens is 363 g/mol. The lowest BCUT2D eigenvalue weighted by Gasteiger charge is -2.36. The molecule has 0 amide bonds. The Labute approximate surface area is 154 Å². The Morgan fingerprint density at radius 3 is 2.38 bits per heavy atom. The van der Waals surface area contributed by atoms with Gasteiger partial charge in [-0.3, -0.25) is 0 Å². The van der Waals surface area contributed by atoms with E-state index in [-0.39, 0.29) is 23.4 Å². The van der Waals surface area contributed by atoms with Crippen LogP contribution < -0.4 is 10.1 Å². The van der Waals surface area contributed by atoms with Crippen LogP contribution >= 0.6 is 0 Å². The topological polar surface area (TPSA) is 50.7 Å². The third-order valence-corrected chi connectivity index (χ3v) is 9.21. The monoisotopic (exact) mass is 393 g/mol. The Balaban J connectivity index is 2.82. The summed E-state index contributed by atoms with van der Waals surface area (Å²) in [6.07, 6.45) is -4.14. The lowest BCUT2D eigenvalue weighted by atomic mass is 10.0. The van der Waals surface area contributed by atoms with Crippen molar-refractivity contribution in [2.45, 2.75) is 57.7 Å². The number of aliphatic hydroxyl groups is 1. The van der Waals surface area contributed by atoms with E-state index in [0.29, 0.717) is 25.1 Å². The molecule has 0 aromatic heterocycles. The second-order valence-corrected chi connectivity index (χ2v) is 12.6. The minimum Gasteiger partial charge on any atom is -0.417 e. The van der Waals surface area contributed by atoms with E-state index in [2.05, 4.69) is 43.9 Å². The molecule has 0 fully saturated rings. The lowest BCUT2D eigenvalue weighted by molar-refractivity contribution is -0.274. The summed E-state index contributed by atoms with van der Waals surface area (Å²) in [5, 5.41) is 12.3. The summed E-state index contributed by atoms with van der Waals surface area (Å²) in [6, 6.07) is 5.67. The zero-order valence-electron chi connectivity index (χ0n) is 16.1. The summed E-state index contributed by atoms with van der Waals surface area (Å²) >= 11 is 0. The summed E-state index contributed by atoms with van der Waals surface area (Å²) in [5.41, 5.74) is 0.666. The van der Waals surface area contributed by atoms with E-state index in [1.165, 1.54) is 18.2 Å². The minimum absolute atomic E-state index is 0.0572. The molecule has 0 bridgehead atoms. The standard InChI is InChI=1S/C18H30F3NO3Si/c1-17(2,3)26(4,5)24-12-9-16(22-10-11-23)14-7-6-8-15(13-14)25-18(19,20)21/h6-8,13,16,22-23H,9-12H2,1-5H3. The van der Waals surface area contributed by atoms with Crippen molar-refractivity contribution in [3.8, 4) is 5.75 Å². The maximum absolute atomic E-state index is 12.4. The largest absolute Gasteiger partial charge is 0.573 e. The van der Waals surface area contributed by atoms with Crippen LogP contribution in [0.5, 0.6) is 5.75 Å². The smallest absolute Gasteiger partial charge is 0.417 e. The zero-order chi connectivity index (χ0) is 20.0. The third kappa shape index (κ3) is 7.65. The number of alkyl halides is 3. The normalized spacial score (nSPS) is 14.3. The van der Waals surface area contributed by atoms with Crippen LogP contribution in [0.4, 0.5) is 13.2 Å². The lowest BCUT2D eigenvalue weighted by Crippen LogP contribution is -2.41. The van der Waals surface area contributed by atoms with Gasteiger partial charge in [-0.05, 0) is 42.2 Å². The highest BCUT2D eigenvalue weighted by Gasteiger charge is 2.37. The van der Waals surface area contributed by atoms with Crippen LogP contribution in [-0.4, -0.2) is 39.5 Å². The summed E-state index contributed by atoms with van der Waals surface area (Å²) in [5.74, 6) is -0.254. The number of hydrogen-bond donors (Lipinski definition) is 2. The molecule has 0 spiro atoms. The van der Waals surface area contributed by atoms with Crippen LogP contribution in [0.2, 0.25) is 18.1 Å². The Morgan fingerprint density at radius 1 is 1.19 bits per heavy atom. The van der Waals surface area contributed by atoms with Gasteiger partial charge >= 0.3 is 6.36 Å². The number of rotatable bonds is 9. The number of nitrogens with one attached hydrogen (secondary N) is 1.